The molecule has 0 radical (unpaired) electrons. The number of nitrogens with zero attached hydrogens (tertiary/aromatic N) is 2. The van der Waals surface area contributed by atoms with Gasteiger partial charge in [0.2, 0.25) is 17.7 Å². The first-order valence-electron chi connectivity index (χ1n) is 10.6. The van der Waals surface area contributed by atoms with Crippen molar-refractivity contribution in [1.29, 1.82) is 0 Å². The predicted molar refractivity (Wildman–Crippen MR) is 120 cm³/mol. The molecule has 178 valence electrons. The van der Waals surface area contributed by atoms with Crippen LogP contribution in [0, 0.1) is 5.92 Å². The third kappa shape index (κ3) is 6.95. The Balaban J connectivity index is 2.08. The minimum atomic E-state index is -1.19. The Morgan fingerprint density at radius 3 is 2.59 bits per heavy atom. The molecule has 3 amide bonds. The number of thiol groups is 1. The Bertz CT molecular complexity index is 802. The fourth-order valence-electron chi connectivity index (χ4n) is 3.65. The molecule has 0 aromatic carbocycles. The molecule has 12 heteroatoms. The molecule has 1 aliphatic heterocycles. The van der Waals surface area contributed by atoms with Crippen molar-refractivity contribution in [3.63, 3.8) is 0 Å². The number of likely N-dealkylation sites (tertiary alicyclic amines) is 1. The van der Waals surface area contributed by atoms with Crippen molar-refractivity contribution < 1.29 is 24.3 Å². The van der Waals surface area contributed by atoms with Crippen LogP contribution < -0.4 is 16.4 Å². The second kappa shape index (κ2) is 11.9. The van der Waals surface area contributed by atoms with E-state index in [1.165, 1.54) is 11.2 Å². The van der Waals surface area contributed by atoms with E-state index in [0.29, 0.717) is 31.5 Å². The first kappa shape index (κ1) is 25.7. The number of aromatic amines is 1. The molecule has 4 unspecified atom stereocenters. The lowest BCUT2D eigenvalue weighted by Crippen LogP contribution is -2.57. The van der Waals surface area contributed by atoms with Crippen molar-refractivity contribution in [1.82, 2.24) is 25.5 Å². The summed E-state index contributed by atoms with van der Waals surface area (Å²) < 4.78 is 0. The molecule has 1 aromatic heterocycles. The van der Waals surface area contributed by atoms with E-state index in [0.717, 1.165) is 0 Å². The zero-order valence-corrected chi connectivity index (χ0v) is 19.2. The van der Waals surface area contributed by atoms with Crippen molar-refractivity contribution in [3.8, 4) is 0 Å². The van der Waals surface area contributed by atoms with Gasteiger partial charge in [-0.1, -0.05) is 13.8 Å². The van der Waals surface area contributed by atoms with Crippen LogP contribution in [0.3, 0.4) is 0 Å². The van der Waals surface area contributed by atoms with Gasteiger partial charge in [0.05, 0.1) is 12.4 Å². The van der Waals surface area contributed by atoms with Crippen LogP contribution in [-0.2, 0) is 25.6 Å². The van der Waals surface area contributed by atoms with Crippen LogP contribution >= 0.6 is 12.6 Å². The molecule has 11 nitrogen and oxygen atoms in total. The van der Waals surface area contributed by atoms with Gasteiger partial charge < -0.3 is 31.4 Å². The second-order valence-corrected chi connectivity index (χ2v) is 8.71. The number of nitrogens with one attached hydrogen (secondary N) is 3. The molecule has 4 atom stereocenters. The van der Waals surface area contributed by atoms with Gasteiger partial charge in [0, 0.05) is 30.6 Å². The minimum Gasteiger partial charge on any atom is -0.480 e. The van der Waals surface area contributed by atoms with Gasteiger partial charge in [-0.05, 0) is 25.2 Å². The SMILES string of the molecule is CC(C)CC(NC(=O)C(N)Cc1cnc[nH]1)C(=O)N1CCCC1C(=O)NC(CS)C(=O)O. The number of hydrogen-bond donors (Lipinski definition) is 6. The summed E-state index contributed by atoms with van der Waals surface area (Å²) in [7, 11) is 0. The van der Waals surface area contributed by atoms with E-state index in [1.54, 1.807) is 6.20 Å². The van der Waals surface area contributed by atoms with Gasteiger partial charge in [0.25, 0.3) is 0 Å². The number of aliphatic carboxylic acids is 1. The molecule has 0 spiro atoms. The summed E-state index contributed by atoms with van der Waals surface area (Å²) in [4.78, 5) is 58.0. The highest BCUT2D eigenvalue weighted by molar-refractivity contribution is 7.80. The standard InChI is InChI=1S/C20H32N6O5S/c1-11(2)6-14(24-17(27)13(21)7-12-8-22-10-23-12)19(29)26-5-3-4-16(26)18(28)25-15(9-32)20(30)31/h8,10-11,13-16,32H,3-7,9,21H2,1-2H3,(H,22,23)(H,24,27)(H,25,28)(H,30,31). The van der Waals surface area contributed by atoms with Crippen LogP contribution in [0.5, 0.6) is 0 Å². The van der Waals surface area contributed by atoms with Crippen LogP contribution in [0.1, 0.15) is 38.8 Å². The van der Waals surface area contributed by atoms with Crippen LogP contribution in [0.4, 0.5) is 0 Å². The van der Waals surface area contributed by atoms with Gasteiger partial charge in [-0.2, -0.15) is 12.6 Å². The van der Waals surface area contributed by atoms with Gasteiger partial charge in [-0.15, -0.1) is 0 Å². The average Bonchev–Trinajstić information content (AvgIpc) is 3.42. The maximum absolute atomic E-state index is 13.3. The van der Waals surface area contributed by atoms with E-state index in [2.05, 4.69) is 33.2 Å². The first-order chi connectivity index (χ1) is 15.1. The Hall–Kier alpha value is -2.60. The number of amides is 3. The maximum atomic E-state index is 13.3. The van der Waals surface area contributed by atoms with Crippen molar-refractivity contribution in [2.45, 2.75) is 63.7 Å². The summed E-state index contributed by atoms with van der Waals surface area (Å²) in [6.45, 7) is 4.20. The lowest BCUT2D eigenvalue weighted by atomic mass is 10.0. The van der Waals surface area contributed by atoms with Crippen LogP contribution in [0.2, 0.25) is 0 Å². The highest BCUT2D eigenvalue weighted by Gasteiger charge is 2.39. The molecule has 1 saturated heterocycles. The van der Waals surface area contributed by atoms with Crippen LogP contribution in [0.25, 0.3) is 0 Å². The maximum Gasteiger partial charge on any atom is 0.327 e. The summed E-state index contributed by atoms with van der Waals surface area (Å²) >= 11 is 3.95. The zero-order chi connectivity index (χ0) is 23.8. The summed E-state index contributed by atoms with van der Waals surface area (Å²) in [5, 5.41) is 14.3. The lowest BCUT2D eigenvalue weighted by molar-refractivity contribution is -0.144. The number of imidazole rings is 1. The number of nitrogens with two attached hydrogens (primary N) is 1. The summed E-state index contributed by atoms with van der Waals surface area (Å²) in [5.74, 6) is -2.55. The number of carbonyl (C=O) groups excluding carboxylic acids is 3. The molecule has 1 aromatic rings. The van der Waals surface area contributed by atoms with E-state index in [4.69, 9.17) is 10.8 Å². The molecule has 1 fully saturated rings. The molecular formula is C20H32N6O5S. The van der Waals surface area contributed by atoms with Crippen molar-refractivity contribution >= 4 is 36.3 Å². The number of carboxylic acid groups (broad SMARTS) is 1. The molecule has 0 aliphatic carbocycles. The zero-order valence-electron chi connectivity index (χ0n) is 18.3. The number of carboxylic acids is 1. The predicted octanol–water partition coefficient (Wildman–Crippen LogP) is -0.699. The highest BCUT2D eigenvalue weighted by atomic mass is 32.1. The molecule has 0 bridgehead atoms. The largest absolute Gasteiger partial charge is 0.480 e. The van der Waals surface area contributed by atoms with E-state index < -0.39 is 42.0 Å². The Kier molecular flexibility index (Phi) is 9.51. The fourth-order valence-corrected chi connectivity index (χ4v) is 3.90. The third-order valence-electron chi connectivity index (χ3n) is 5.29. The molecule has 2 rings (SSSR count). The number of aromatic nitrogens is 2. The van der Waals surface area contributed by atoms with Gasteiger partial charge in [0.1, 0.15) is 18.1 Å². The Morgan fingerprint density at radius 1 is 1.31 bits per heavy atom. The van der Waals surface area contributed by atoms with Gasteiger partial charge in [-0.25, -0.2) is 9.78 Å². The normalized spacial score (nSPS) is 18.8. The fraction of sp³-hybridized carbons (Fsp3) is 0.650. The summed E-state index contributed by atoms with van der Waals surface area (Å²) in [5.41, 5.74) is 6.71. The molecular weight excluding hydrogens is 436 g/mol. The number of H-pyrrole nitrogens is 1. The second-order valence-electron chi connectivity index (χ2n) is 8.35. The van der Waals surface area contributed by atoms with E-state index in [1.807, 2.05) is 13.8 Å². The van der Waals surface area contributed by atoms with E-state index in [-0.39, 0.29) is 24.0 Å². The van der Waals surface area contributed by atoms with Crippen molar-refractivity contribution in [2.75, 3.05) is 12.3 Å². The molecule has 2 heterocycles. The molecule has 6 N–H and O–H groups in total. The topological polar surface area (TPSA) is 171 Å². The summed E-state index contributed by atoms with van der Waals surface area (Å²) in [6.07, 6.45) is 4.70. The van der Waals surface area contributed by atoms with Crippen LogP contribution in [0.15, 0.2) is 12.5 Å². The smallest absolute Gasteiger partial charge is 0.327 e. The molecule has 32 heavy (non-hydrogen) atoms. The Morgan fingerprint density at radius 2 is 2.03 bits per heavy atom. The van der Waals surface area contributed by atoms with Gasteiger partial charge in [-0.3, -0.25) is 14.4 Å². The molecule has 1 aliphatic rings. The van der Waals surface area contributed by atoms with E-state index >= 15 is 0 Å². The number of carbonyl (C=O) groups is 4. The third-order valence-corrected chi connectivity index (χ3v) is 5.65. The van der Waals surface area contributed by atoms with Crippen molar-refractivity contribution in [3.05, 3.63) is 18.2 Å². The van der Waals surface area contributed by atoms with Crippen LogP contribution in [-0.4, -0.2) is 80.1 Å². The number of rotatable bonds is 11. The minimum absolute atomic E-state index is 0.0675. The monoisotopic (exact) mass is 468 g/mol. The summed E-state index contributed by atoms with van der Waals surface area (Å²) in [6, 6.07) is -3.66. The highest BCUT2D eigenvalue weighted by Crippen LogP contribution is 2.21. The lowest BCUT2D eigenvalue weighted by Gasteiger charge is -2.30. The van der Waals surface area contributed by atoms with Gasteiger partial charge in [0.15, 0.2) is 0 Å². The number of hydrogen-bond acceptors (Lipinski definition) is 7. The van der Waals surface area contributed by atoms with E-state index in [9.17, 15) is 19.2 Å². The average molecular weight is 469 g/mol. The van der Waals surface area contributed by atoms with Crippen molar-refractivity contribution in [2.24, 2.45) is 11.7 Å². The Labute approximate surface area is 192 Å². The molecule has 0 saturated carbocycles. The quantitative estimate of drug-likeness (QED) is 0.233. The first-order valence-corrected chi connectivity index (χ1v) is 11.2. The van der Waals surface area contributed by atoms with Gasteiger partial charge >= 0.3 is 5.97 Å².